The molecule has 1 fully saturated rings. The minimum absolute atomic E-state index is 0.696. The third kappa shape index (κ3) is 1.47. The van der Waals surface area contributed by atoms with E-state index in [4.69, 9.17) is 4.74 Å². The van der Waals surface area contributed by atoms with Crippen molar-refractivity contribution in [3.8, 4) is 5.75 Å². The molecular weight excluding hydrogens is 204 g/mol. The number of ether oxygens (including phenoxy) is 1. The van der Waals surface area contributed by atoms with Gasteiger partial charge in [0.25, 0.3) is 0 Å². The van der Waals surface area contributed by atoms with Crippen molar-refractivity contribution in [2.75, 3.05) is 7.11 Å². The molecule has 1 N–H and O–H groups in total. The number of hydrogen-bond acceptors (Lipinski definition) is 2. The van der Waals surface area contributed by atoms with E-state index in [1.807, 2.05) is 25.1 Å². The van der Waals surface area contributed by atoms with Crippen LogP contribution in [0.15, 0.2) is 18.2 Å². The van der Waals surface area contributed by atoms with E-state index in [9.17, 15) is 9.90 Å². The first-order valence-corrected chi connectivity index (χ1v) is 5.49. The predicted octanol–water partition coefficient (Wildman–Crippen LogP) is 2.51. The van der Waals surface area contributed by atoms with Crippen molar-refractivity contribution in [2.45, 2.75) is 31.6 Å². The molecule has 0 unspecified atom stereocenters. The number of carboxylic acids is 1. The Labute approximate surface area is 95.0 Å². The summed E-state index contributed by atoms with van der Waals surface area (Å²) in [6, 6.07) is 5.74. The molecule has 0 amide bonds. The molecule has 1 saturated carbocycles. The van der Waals surface area contributed by atoms with Crippen molar-refractivity contribution in [3.05, 3.63) is 29.3 Å². The summed E-state index contributed by atoms with van der Waals surface area (Å²) in [5, 5.41) is 9.37. The molecule has 3 nitrogen and oxygen atoms in total. The highest BCUT2D eigenvalue weighted by atomic mass is 16.5. The van der Waals surface area contributed by atoms with Gasteiger partial charge in [-0.15, -0.1) is 0 Å². The van der Waals surface area contributed by atoms with E-state index in [1.165, 1.54) is 0 Å². The van der Waals surface area contributed by atoms with E-state index in [2.05, 4.69) is 0 Å². The molecule has 0 heterocycles. The van der Waals surface area contributed by atoms with Gasteiger partial charge in [-0.3, -0.25) is 4.79 Å². The predicted molar refractivity (Wildman–Crippen MR) is 60.9 cm³/mol. The average Bonchev–Trinajstić information content (AvgIpc) is 2.17. The van der Waals surface area contributed by atoms with E-state index in [-0.39, 0.29) is 0 Å². The smallest absolute Gasteiger partial charge is 0.314 e. The van der Waals surface area contributed by atoms with Crippen LogP contribution in [0.5, 0.6) is 5.75 Å². The average molecular weight is 220 g/mol. The Balaban J connectivity index is 2.50. The van der Waals surface area contributed by atoms with E-state index in [0.29, 0.717) is 18.6 Å². The van der Waals surface area contributed by atoms with Crippen molar-refractivity contribution < 1.29 is 14.6 Å². The van der Waals surface area contributed by atoms with Crippen LogP contribution in [0, 0.1) is 6.92 Å². The quantitative estimate of drug-likeness (QED) is 0.851. The van der Waals surface area contributed by atoms with Crippen LogP contribution in [-0.4, -0.2) is 18.2 Å². The minimum Gasteiger partial charge on any atom is -0.496 e. The maximum absolute atomic E-state index is 11.4. The molecule has 0 aromatic heterocycles. The Morgan fingerprint density at radius 2 is 2.12 bits per heavy atom. The lowest BCUT2D eigenvalue weighted by Crippen LogP contribution is -2.42. The fraction of sp³-hybridized carbons (Fsp3) is 0.462. The number of benzene rings is 1. The lowest BCUT2D eigenvalue weighted by atomic mass is 9.64. The van der Waals surface area contributed by atoms with Crippen LogP contribution in [0.25, 0.3) is 0 Å². The van der Waals surface area contributed by atoms with Crippen LogP contribution in [-0.2, 0) is 10.2 Å². The van der Waals surface area contributed by atoms with Crippen molar-refractivity contribution in [3.63, 3.8) is 0 Å². The summed E-state index contributed by atoms with van der Waals surface area (Å²) in [6.07, 6.45) is 2.40. The van der Waals surface area contributed by atoms with Crippen LogP contribution in [0.4, 0.5) is 0 Å². The zero-order chi connectivity index (χ0) is 11.8. The largest absolute Gasteiger partial charge is 0.496 e. The van der Waals surface area contributed by atoms with Gasteiger partial charge in [0.1, 0.15) is 5.75 Å². The molecule has 0 atom stereocenters. The molecule has 1 aliphatic carbocycles. The van der Waals surface area contributed by atoms with Crippen LogP contribution in [0.2, 0.25) is 0 Å². The second-order valence-electron chi connectivity index (χ2n) is 4.44. The summed E-state index contributed by atoms with van der Waals surface area (Å²) in [7, 11) is 1.59. The Bertz CT molecular complexity index is 419. The number of carbonyl (C=O) groups is 1. The highest BCUT2D eigenvalue weighted by Crippen LogP contribution is 2.47. The Morgan fingerprint density at radius 3 is 2.56 bits per heavy atom. The van der Waals surface area contributed by atoms with Gasteiger partial charge < -0.3 is 9.84 Å². The van der Waals surface area contributed by atoms with Crippen molar-refractivity contribution >= 4 is 5.97 Å². The first-order valence-electron chi connectivity index (χ1n) is 5.49. The van der Waals surface area contributed by atoms with Crippen molar-refractivity contribution in [1.82, 2.24) is 0 Å². The van der Waals surface area contributed by atoms with Gasteiger partial charge in [0.2, 0.25) is 0 Å². The van der Waals surface area contributed by atoms with Gasteiger partial charge in [-0.2, -0.15) is 0 Å². The molecule has 3 heteroatoms. The molecule has 1 aliphatic rings. The lowest BCUT2D eigenvalue weighted by Gasteiger charge is -2.38. The van der Waals surface area contributed by atoms with Gasteiger partial charge in [-0.05, 0) is 31.4 Å². The lowest BCUT2D eigenvalue weighted by molar-refractivity contribution is -0.147. The zero-order valence-corrected chi connectivity index (χ0v) is 9.62. The standard InChI is InChI=1S/C13H16O3/c1-9-4-5-10(11(8-9)16-2)13(12(14)15)6-3-7-13/h4-5,8H,3,6-7H2,1-2H3,(H,14,15). The SMILES string of the molecule is COc1cc(C)ccc1C1(C(=O)O)CCC1. The number of carboxylic acid groups (broad SMARTS) is 1. The number of rotatable bonds is 3. The van der Waals surface area contributed by atoms with Crippen LogP contribution in [0.3, 0.4) is 0 Å². The molecule has 2 rings (SSSR count). The number of aryl methyl sites for hydroxylation is 1. The molecule has 16 heavy (non-hydrogen) atoms. The molecule has 86 valence electrons. The molecule has 0 spiro atoms. The van der Waals surface area contributed by atoms with Crippen LogP contribution < -0.4 is 4.74 Å². The summed E-state index contributed by atoms with van der Waals surface area (Å²) in [4.78, 5) is 11.4. The molecule has 1 aromatic carbocycles. The summed E-state index contributed by atoms with van der Waals surface area (Å²) in [5.74, 6) is -0.0389. The van der Waals surface area contributed by atoms with Gasteiger partial charge in [0.15, 0.2) is 0 Å². The van der Waals surface area contributed by atoms with Gasteiger partial charge in [-0.25, -0.2) is 0 Å². The Hall–Kier alpha value is -1.51. The first-order chi connectivity index (χ1) is 7.60. The summed E-state index contributed by atoms with van der Waals surface area (Å²) < 4.78 is 5.29. The van der Waals surface area contributed by atoms with Crippen LogP contribution in [0.1, 0.15) is 30.4 Å². The molecule has 1 aromatic rings. The highest BCUT2D eigenvalue weighted by molar-refractivity contribution is 5.83. The molecule has 0 aliphatic heterocycles. The molecule has 0 radical (unpaired) electrons. The second-order valence-corrected chi connectivity index (χ2v) is 4.44. The Morgan fingerprint density at radius 1 is 1.44 bits per heavy atom. The second kappa shape index (κ2) is 3.81. The molecule has 0 bridgehead atoms. The topological polar surface area (TPSA) is 46.5 Å². The first kappa shape index (κ1) is 11.0. The number of methoxy groups -OCH3 is 1. The number of aliphatic carboxylic acids is 1. The summed E-state index contributed by atoms with van der Waals surface area (Å²) in [6.45, 7) is 1.97. The minimum atomic E-state index is -0.735. The molecule has 0 saturated heterocycles. The van der Waals surface area contributed by atoms with E-state index in [1.54, 1.807) is 7.11 Å². The third-order valence-corrected chi connectivity index (χ3v) is 3.49. The summed E-state index contributed by atoms with van der Waals surface area (Å²) in [5.41, 5.74) is 1.19. The van der Waals surface area contributed by atoms with Gasteiger partial charge in [0.05, 0.1) is 12.5 Å². The normalized spacial score (nSPS) is 17.6. The number of hydrogen-bond donors (Lipinski definition) is 1. The highest BCUT2D eigenvalue weighted by Gasteiger charge is 2.47. The van der Waals surface area contributed by atoms with Gasteiger partial charge in [-0.1, -0.05) is 18.6 Å². The van der Waals surface area contributed by atoms with Crippen molar-refractivity contribution in [2.24, 2.45) is 0 Å². The fourth-order valence-electron chi connectivity index (χ4n) is 2.32. The summed E-state index contributed by atoms with van der Waals surface area (Å²) >= 11 is 0. The van der Waals surface area contributed by atoms with Gasteiger partial charge >= 0.3 is 5.97 Å². The van der Waals surface area contributed by atoms with E-state index >= 15 is 0 Å². The van der Waals surface area contributed by atoms with Crippen LogP contribution >= 0.6 is 0 Å². The maximum atomic E-state index is 11.4. The van der Waals surface area contributed by atoms with Gasteiger partial charge in [0, 0.05) is 5.56 Å². The monoisotopic (exact) mass is 220 g/mol. The van der Waals surface area contributed by atoms with E-state index in [0.717, 1.165) is 17.5 Å². The van der Waals surface area contributed by atoms with Crippen molar-refractivity contribution in [1.29, 1.82) is 0 Å². The maximum Gasteiger partial charge on any atom is 0.314 e. The Kier molecular flexibility index (Phi) is 2.62. The zero-order valence-electron chi connectivity index (χ0n) is 9.62. The molecular formula is C13H16O3. The van der Waals surface area contributed by atoms with E-state index < -0.39 is 11.4 Å². The third-order valence-electron chi connectivity index (χ3n) is 3.49. The fourth-order valence-corrected chi connectivity index (χ4v) is 2.32.